The van der Waals surface area contributed by atoms with Gasteiger partial charge in [0.1, 0.15) is 5.75 Å². The zero-order valence-corrected chi connectivity index (χ0v) is 11.3. The normalized spacial score (nSPS) is 10.1. The fourth-order valence-corrected chi connectivity index (χ4v) is 1.98. The summed E-state index contributed by atoms with van der Waals surface area (Å²) in [7, 11) is 1.35. The molecule has 0 bridgehead atoms. The molecule has 0 aliphatic rings. The van der Waals surface area contributed by atoms with Crippen molar-refractivity contribution in [2.75, 3.05) is 7.11 Å². The van der Waals surface area contributed by atoms with Gasteiger partial charge in [-0.25, -0.2) is 4.79 Å². The number of benzene rings is 2. The highest BCUT2D eigenvalue weighted by Crippen LogP contribution is 2.29. The number of esters is 1. The van der Waals surface area contributed by atoms with Gasteiger partial charge in [-0.3, -0.25) is 0 Å². The molecule has 2 aromatic rings. The van der Waals surface area contributed by atoms with Gasteiger partial charge in [0.25, 0.3) is 0 Å². The zero-order chi connectivity index (χ0) is 13.1. The van der Waals surface area contributed by atoms with Crippen LogP contribution in [0.3, 0.4) is 0 Å². The molecule has 2 rings (SSSR count). The lowest BCUT2D eigenvalue weighted by atomic mass is 10.0. The van der Waals surface area contributed by atoms with Crippen molar-refractivity contribution < 1.29 is 14.6 Å². The minimum atomic E-state index is -0.353. The maximum atomic E-state index is 11.3. The number of hydrogen-bond donors (Lipinski definition) is 1. The van der Waals surface area contributed by atoms with E-state index in [0.717, 1.165) is 11.1 Å². The molecule has 2 aromatic carbocycles. The van der Waals surface area contributed by atoms with Gasteiger partial charge in [-0.15, -0.1) is 0 Å². The Balaban J connectivity index is 2.34. The minimum absolute atomic E-state index is 0.199. The average molecular weight is 307 g/mol. The van der Waals surface area contributed by atoms with Crippen LogP contribution in [-0.2, 0) is 4.74 Å². The Hall–Kier alpha value is -1.81. The van der Waals surface area contributed by atoms with Gasteiger partial charge in [0.2, 0.25) is 0 Å². The number of rotatable bonds is 2. The van der Waals surface area contributed by atoms with Gasteiger partial charge in [0, 0.05) is 0 Å². The number of ether oxygens (including phenoxy) is 1. The third-order valence-electron chi connectivity index (χ3n) is 2.59. The topological polar surface area (TPSA) is 46.5 Å². The Morgan fingerprint density at radius 1 is 1.11 bits per heavy atom. The van der Waals surface area contributed by atoms with E-state index in [2.05, 4.69) is 20.7 Å². The molecule has 0 amide bonds. The zero-order valence-electron chi connectivity index (χ0n) is 9.68. The van der Waals surface area contributed by atoms with E-state index in [1.54, 1.807) is 18.2 Å². The summed E-state index contributed by atoms with van der Waals surface area (Å²) in [5.41, 5.74) is 2.43. The van der Waals surface area contributed by atoms with Gasteiger partial charge in [-0.2, -0.15) is 0 Å². The standard InChI is InChI=1S/C14H11BrO3/c1-18-14(17)10-4-2-9(3-5-10)11-6-7-13(16)12(15)8-11/h2-8,16H,1H3. The van der Waals surface area contributed by atoms with Crippen LogP contribution < -0.4 is 0 Å². The van der Waals surface area contributed by atoms with E-state index in [9.17, 15) is 9.90 Å². The predicted molar refractivity (Wildman–Crippen MR) is 72.6 cm³/mol. The smallest absolute Gasteiger partial charge is 0.337 e. The number of aromatic hydroxyl groups is 1. The van der Waals surface area contributed by atoms with E-state index in [0.29, 0.717) is 10.0 Å². The third kappa shape index (κ3) is 2.54. The molecule has 0 unspecified atom stereocenters. The van der Waals surface area contributed by atoms with Crippen molar-refractivity contribution in [2.45, 2.75) is 0 Å². The van der Waals surface area contributed by atoms with Crippen LogP contribution in [-0.4, -0.2) is 18.2 Å². The van der Waals surface area contributed by atoms with Crippen LogP contribution in [0.4, 0.5) is 0 Å². The summed E-state index contributed by atoms with van der Waals surface area (Å²) in [5.74, 6) is -0.154. The summed E-state index contributed by atoms with van der Waals surface area (Å²) in [4.78, 5) is 11.3. The van der Waals surface area contributed by atoms with Gasteiger partial charge in [-0.1, -0.05) is 18.2 Å². The van der Waals surface area contributed by atoms with Crippen molar-refractivity contribution in [3.8, 4) is 16.9 Å². The molecule has 0 aliphatic heterocycles. The van der Waals surface area contributed by atoms with Crippen LogP contribution >= 0.6 is 15.9 Å². The molecule has 0 fully saturated rings. The van der Waals surface area contributed by atoms with Crippen LogP contribution in [0.5, 0.6) is 5.75 Å². The maximum absolute atomic E-state index is 11.3. The number of phenols is 1. The molecular formula is C14H11BrO3. The lowest BCUT2D eigenvalue weighted by molar-refractivity contribution is 0.0601. The molecule has 0 aliphatic carbocycles. The van der Waals surface area contributed by atoms with Crippen LogP contribution in [0.25, 0.3) is 11.1 Å². The number of halogens is 1. The Labute approximate surface area is 113 Å². The second kappa shape index (κ2) is 5.23. The first kappa shape index (κ1) is 12.6. The highest BCUT2D eigenvalue weighted by Gasteiger charge is 2.06. The van der Waals surface area contributed by atoms with Gasteiger partial charge in [0.15, 0.2) is 0 Å². The van der Waals surface area contributed by atoms with Gasteiger partial charge in [-0.05, 0) is 51.3 Å². The molecule has 0 aromatic heterocycles. The van der Waals surface area contributed by atoms with Crippen molar-refractivity contribution in [1.29, 1.82) is 0 Å². The minimum Gasteiger partial charge on any atom is -0.507 e. The summed E-state index contributed by atoms with van der Waals surface area (Å²) in [6.45, 7) is 0. The summed E-state index contributed by atoms with van der Waals surface area (Å²) >= 11 is 3.27. The van der Waals surface area contributed by atoms with E-state index >= 15 is 0 Å². The van der Waals surface area contributed by atoms with Crippen molar-refractivity contribution in [3.05, 3.63) is 52.5 Å². The van der Waals surface area contributed by atoms with E-state index < -0.39 is 0 Å². The quantitative estimate of drug-likeness (QED) is 0.862. The lowest BCUT2D eigenvalue weighted by Gasteiger charge is -2.05. The molecule has 0 heterocycles. The summed E-state index contributed by atoms with van der Waals surface area (Å²) in [5, 5.41) is 9.43. The predicted octanol–water partition coefficient (Wildman–Crippen LogP) is 3.61. The Bertz CT molecular complexity index is 576. The highest BCUT2D eigenvalue weighted by atomic mass is 79.9. The van der Waals surface area contributed by atoms with Crippen molar-refractivity contribution in [1.82, 2.24) is 0 Å². The first-order valence-corrected chi connectivity index (χ1v) is 6.08. The SMILES string of the molecule is COC(=O)c1ccc(-c2ccc(O)c(Br)c2)cc1. The van der Waals surface area contributed by atoms with Crippen LogP contribution in [0.1, 0.15) is 10.4 Å². The van der Waals surface area contributed by atoms with E-state index in [4.69, 9.17) is 0 Å². The molecular weight excluding hydrogens is 296 g/mol. The maximum Gasteiger partial charge on any atom is 0.337 e. The molecule has 0 atom stereocenters. The average Bonchev–Trinajstić information content (AvgIpc) is 2.41. The summed E-state index contributed by atoms with van der Waals surface area (Å²) in [6.07, 6.45) is 0. The van der Waals surface area contributed by atoms with E-state index in [-0.39, 0.29) is 11.7 Å². The number of carbonyl (C=O) groups is 1. The Morgan fingerprint density at radius 3 is 2.28 bits per heavy atom. The molecule has 1 N–H and O–H groups in total. The van der Waals surface area contributed by atoms with Crippen LogP contribution in [0.2, 0.25) is 0 Å². The third-order valence-corrected chi connectivity index (χ3v) is 3.22. The van der Waals surface area contributed by atoms with Gasteiger partial charge >= 0.3 is 5.97 Å². The van der Waals surface area contributed by atoms with Crippen molar-refractivity contribution in [2.24, 2.45) is 0 Å². The van der Waals surface area contributed by atoms with E-state index in [1.165, 1.54) is 7.11 Å². The molecule has 0 saturated carbocycles. The fraction of sp³-hybridized carbons (Fsp3) is 0.0714. The summed E-state index contributed by atoms with van der Waals surface area (Å²) < 4.78 is 5.27. The van der Waals surface area contributed by atoms with E-state index in [1.807, 2.05) is 24.3 Å². The van der Waals surface area contributed by atoms with Crippen LogP contribution in [0, 0.1) is 0 Å². The van der Waals surface area contributed by atoms with Crippen molar-refractivity contribution >= 4 is 21.9 Å². The molecule has 0 radical (unpaired) electrons. The lowest BCUT2D eigenvalue weighted by Crippen LogP contribution is -2.00. The first-order chi connectivity index (χ1) is 8.61. The fourth-order valence-electron chi connectivity index (χ4n) is 1.60. The van der Waals surface area contributed by atoms with Gasteiger partial charge < -0.3 is 9.84 Å². The molecule has 3 nitrogen and oxygen atoms in total. The number of phenolic OH excluding ortho intramolecular Hbond substituents is 1. The Kier molecular flexibility index (Phi) is 3.67. The highest BCUT2D eigenvalue weighted by molar-refractivity contribution is 9.10. The van der Waals surface area contributed by atoms with Crippen molar-refractivity contribution in [3.63, 3.8) is 0 Å². The molecule has 92 valence electrons. The molecule has 0 spiro atoms. The Morgan fingerprint density at radius 2 is 1.72 bits per heavy atom. The monoisotopic (exact) mass is 306 g/mol. The van der Waals surface area contributed by atoms with Gasteiger partial charge in [0.05, 0.1) is 17.1 Å². The molecule has 4 heteroatoms. The number of hydrogen-bond acceptors (Lipinski definition) is 3. The largest absolute Gasteiger partial charge is 0.507 e. The molecule has 0 saturated heterocycles. The van der Waals surface area contributed by atoms with Crippen LogP contribution in [0.15, 0.2) is 46.9 Å². The second-order valence-electron chi connectivity index (χ2n) is 3.74. The number of methoxy groups -OCH3 is 1. The number of carbonyl (C=O) groups excluding carboxylic acids is 1. The molecule has 18 heavy (non-hydrogen) atoms. The summed E-state index contributed by atoms with van der Waals surface area (Å²) in [6, 6.07) is 12.4. The second-order valence-corrected chi connectivity index (χ2v) is 4.59. The first-order valence-electron chi connectivity index (χ1n) is 5.29.